The van der Waals surface area contributed by atoms with Gasteiger partial charge in [0.15, 0.2) is 11.5 Å². The summed E-state index contributed by atoms with van der Waals surface area (Å²) in [5.41, 5.74) is 3.44. The molecule has 35 heavy (non-hydrogen) atoms. The third-order valence-electron chi connectivity index (χ3n) is 6.15. The highest BCUT2D eigenvalue weighted by Crippen LogP contribution is 2.29. The largest absolute Gasteiger partial charge is 0.493 e. The number of benzene rings is 2. The molecule has 4 rings (SSSR count). The lowest BCUT2D eigenvalue weighted by Gasteiger charge is -2.25. The summed E-state index contributed by atoms with van der Waals surface area (Å²) in [5, 5.41) is 9.11. The van der Waals surface area contributed by atoms with Gasteiger partial charge in [-0.1, -0.05) is 12.1 Å². The quantitative estimate of drug-likeness (QED) is 0.571. The molecule has 1 saturated heterocycles. The minimum atomic E-state index is -0.0114. The zero-order chi connectivity index (χ0) is 24.6. The van der Waals surface area contributed by atoms with Crippen LogP contribution in [0.4, 0.5) is 5.69 Å². The van der Waals surface area contributed by atoms with Gasteiger partial charge in [-0.3, -0.25) is 9.59 Å². The Kier molecular flexibility index (Phi) is 8.65. The lowest BCUT2D eigenvalue weighted by atomic mass is 10.0. The monoisotopic (exact) mass is 496 g/mol. The van der Waals surface area contributed by atoms with Crippen molar-refractivity contribution >= 4 is 35.0 Å². The topological polar surface area (TPSA) is 83.5 Å². The molecule has 8 nitrogen and oxygen atoms in total. The Labute approximate surface area is 210 Å². The van der Waals surface area contributed by atoms with Gasteiger partial charge in [-0.05, 0) is 35.9 Å². The minimum Gasteiger partial charge on any atom is -0.493 e. The Bertz CT molecular complexity index is 1070. The number of anilines is 1. The summed E-state index contributed by atoms with van der Waals surface area (Å²) in [6.45, 7) is 3.27. The van der Waals surface area contributed by atoms with Gasteiger partial charge in [-0.2, -0.15) is 16.9 Å². The van der Waals surface area contributed by atoms with Crippen LogP contribution in [0.1, 0.15) is 30.4 Å². The summed E-state index contributed by atoms with van der Waals surface area (Å²) in [5.74, 6) is 3.57. The van der Waals surface area contributed by atoms with Gasteiger partial charge in [-0.15, -0.1) is 0 Å². The number of methoxy groups -OCH3 is 2. The number of hydrogen-bond donors (Lipinski definition) is 1. The van der Waals surface area contributed by atoms with Crippen molar-refractivity contribution in [2.45, 2.75) is 25.8 Å². The van der Waals surface area contributed by atoms with E-state index in [0.29, 0.717) is 37.3 Å². The van der Waals surface area contributed by atoms with E-state index in [1.165, 1.54) is 5.01 Å². The standard InChI is InChI=1S/C26H32N4O4S/c1-33-23-9-5-20(17-24(23)34-2)22-8-10-26(32)30(28-22)18-19-3-6-21(7-4-19)27-25(31)11-12-29-13-15-35-16-14-29/h3-7,9,17H,8,10-16,18H2,1-2H3,(H,27,31). The average molecular weight is 497 g/mol. The maximum absolute atomic E-state index is 12.5. The van der Waals surface area contributed by atoms with Crippen LogP contribution >= 0.6 is 11.8 Å². The van der Waals surface area contributed by atoms with Crippen LogP contribution < -0.4 is 14.8 Å². The Hall–Kier alpha value is -3.04. The van der Waals surface area contributed by atoms with Gasteiger partial charge >= 0.3 is 0 Å². The van der Waals surface area contributed by atoms with E-state index in [1.54, 1.807) is 14.2 Å². The molecule has 0 aromatic heterocycles. The van der Waals surface area contributed by atoms with Crippen molar-refractivity contribution in [2.24, 2.45) is 5.10 Å². The van der Waals surface area contributed by atoms with E-state index in [-0.39, 0.29) is 11.8 Å². The highest BCUT2D eigenvalue weighted by atomic mass is 32.2. The molecule has 1 N–H and O–H groups in total. The summed E-state index contributed by atoms with van der Waals surface area (Å²) in [6.07, 6.45) is 1.46. The van der Waals surface area contributed by atoms with E-state index in [1.807, 2.05) is 54.2 Å². The van der Waals surface area contributed by atoms with Crippen molar-refractivity contribution in [1.82, 2.24) is 9.91 Å². The number of thioether (sulfide) groups is 1. The smallest absolute Gasteiger partial charge is 0.243 e. The first-order valence-electron chi connectivity index (χ1n) is 11.8. The Morgan fingerprint density at radius 3 is 2.49 bits per heavy atom. The molecular formula is C26H32N4O4S. The minimum absolute atomic E-state index is 0.0114. The molecule has 0 radical (unpaired) electrons. The maximum atomic E-state index is 12.5. The first-order chi connectivity index (χ1) is 17.1. The molecule has 0 aliphatic carbocycles. The van der Waals surface area contributed by atoms with E-state index < -0.39 is 0 Å². The van der Waals surface area contributed by atoms with Gasteiger partial charge in [0, 0.05) is 61.7 Å². The number of nitrogens with zero attached hydrogens (tertiary/aromatic N) is 3. The molecule has 2 aromatic rings. The first kappa shape index (κ1) is 25.1. The Balaban J connectivity index is 1.35. The predicted molar refractivity (Wildman–Crippen MR) is 139 cm³/mol. The predicted octanol–water partition coefficient (Wildman–Crippen LogP) is 3.61. The molecular weight excluding hydrogens is 464 g/mol. The van der Waals surface area contributed by atoms with Gasteiger partial charge in [-0.25, -0.2) is 5.01 Å². The van der Waals surface area contributed by atoms with Gasteiger partial charge in [0.2, 0.25) is 11.8 Å². The summed E-state index contributed by atoms with van der Waals surface area (Å²) in [6, 6.07) is 13.2. The fraction of sp³-hybridized carbons (Fsp3) is 0.423. The summed E-state index contributed by atoms with van der Waals surface area (Å²) in [7, 11) is 3.20. The van der Waals surface area contributed by atoms with Crippen LogP contribution in [-0.4, -0.2) is 72.8 Å². The van der Waals surface area contributed by atoms with Crippen LogP contribution in [0.3, 0.4) is 0 Å². The third-order valence-corrected chi connectivity index (χ3v) is 7.09. The number of hydrazone groups is 1. The zero-order valence-electron chi connectivity index (χ0n) is 20.3. The van der Waals surface area contributed by atoms with E-state index >= 15 is 0 Å². The van der Waals surface area contributed by atoms with Crippen molar-refractivity contribution in [3.8, 4) is 11.5 Å². The fourth-order valence-electron chi connectivity index (χ4n) is 4.12. The third kappa shape index (κ3) is 6.76. The fourth-order valence-corrected chi connectivity index (χ4v) is 5.10. The van der Waals surface area contributed by atoms with E-state index in [2.05, 4.69) is 15.3 Å². The molecule has 0 saturated carbocycles. The van der Waals surface area contributed by atoms with E-state index in [4.69, 9.17) is 9.47 Å². The highest BCUT2D eigenvalue weighted by Gasteiger charge is 2.22. The number of rotatable bonds is 9. The van der Waals surface area contributed by atoms with Crippen LogP contribution in [0.2, 0.25) is 0 Å². The normalized spacial score (nSPS) is 16.6. The number of nitrogens with one attached hydrogen (secondary N) is 1. The molecule has 2 heterocycles. The average Bonchev–Trinajstić information content (AvgIpc) is 2.90. The molecule has 0 atom stereocenters. The molecule has 1 fully saturated rings. The second-order valence-electron chi connectivity index (χ2n) is 8.52. The van der Waals surface area contributed by atoms with Crippen LogP contribution in [0.15, 0.2) is 47.6 Å². The maximum Gasteiger partial charge on any atom is 0.243 e. The molecule has 9 heteroatoms. The van der Waals surface area contributed by atoms with Crippen LogP contribution in [0, 0.1) is 0 Å². The van der Waals surface area contributed by atoms with Gasteiger partial charge in [0.1, 0.15) is 0 Å². The highest BCUT2D eigenvalue weighted by molar-refractivity contribution is 7.99. The van der Waals surface area contributed by atoms with Crippen molar-refractivity contribution in [1.29, 1.82) is 0 Å². The van der Waals surface area contributed by atoms with Crippen molar-refractivity contribution in [3.05, 3.63) is 53.6 Å². The number of ether oxygens (including phenoxy) is 2. The van der Waals surface area contributed by atoms with E-state index in [9.17, 15) is 9.59 Å². The van der Waals surface area contributed by atoms with Crippen molar-refractivity contribution in [3.63, 3.8) is 0 Å². The van der Waals surface area contributed by atoms with Crippen molar-refractivity contribution < 1.29 is 19.1 Å². The van der Waals surface area contributed by atoms with Crippen LogP contribution in [0.5, 0.6) is 11.5 Å². The second kappa shape index (κ2) is 12.1. The SMILES string of the molecule is COc1ccc(C2=NN(Cc3ccc(NC(=O)CCN4CCSCC4)cc3)C(=O)CC2)cc1OC. The number of amides is 2. The summed E-state index contributed by atoms with van der Waals surface area (Å²) >= 11 is 1.97. The molecule has 2 aromatic carbocycles. The summed E-state index contributed by atoms with van der Waals surface area (Å²) in [4.78, 5) is 27.2. The van der Waals surface area contributed by atoms with Gasteiger partial charge in [0.25, 0.3) is 0 Å². The van der Waals surface area contributed by atoms with Gasteiger partial charge in [0.05, 0.1) is 26.5 Å². The lowest BCUT2D eigenvalue weighted by molar-refractivity contribution is -0.132. The van der Waals surface area contributed by atoms with Crippen molar-refractivity contribution in [2.75, 3.05) is 50.7 Å². The van der Waals surface area contributed by atoms with Gasteiger partial charge < -0.3 is 19.7 Å². The molecule has 186 valence electrons. The number of carbonyl (C=O) groups is 2. The number of carbonyl (C=O) groups excluding carboxylic acids is 2. The summed E-state index contributed by atoms with van der Waals surface area (Å²) < 4.78 is 10.7. The lowest BCUT2D eigenvalue weighted by Crippen LogP contribution is -2.34. The molecule has 2 aliphatic heterocycles. The van der Waals surface area contributed by atoms with E-state index in [0.717, 1.165) is 53.7 Å². The Morgan fingerprint density at radius 1 is 1.03 bits per heavy atom. The molecule has 2 aliphatic rings. The molecule has 0 spiro atoms. The second-order valence-corrected chi connectivity index (χ2v) is 9.74. The first-order valence-corrected chi connectivity index (χ1v) is 13.0. The number of hydrogen-bond acceptors (Lipinski definition) is 7. The van der Waals surface area contributed by atoms with Crippen LogP contribution in [-0.2, 0) is 16.1 Å². The zero-order valence-corrected chi connectivity index (χ0v) is 21.1. The van der Waals surface area contributed by atoms with Crippen LogP contribution in [0.25, 0.3) is 0 Å². The Morgan fingerprint density at radius 2 is 1.77 bits per heavy atom. The molecule has 2 amide bonds. The molecule has 0 unspecified atom stereocenters. The molecule has 0 bridgehead atoms.